The number of halogens is 1. The highest BCUT2D eigenvalue weighted by Crippen LogP contribution is 2.35. The first-order chi connectivity index (χ1) is 16.7. The summed E-state index contributed by atoms with van der Waals surface area (Å²) in [6.45, 7) is -0.454. The summed E-state index contributed by atoms with van der Waals surface area (Å²) in [5.74, 6) is 1.58. The van der Waals surface area contributed by atoms with E-state index < -0.39 is 22.5 Å². The van der Waals surface area contributed by atoms with E-state index in [1.54, 1.807) is 36.4 Å². The van der Waals surface area contributed by atoms with Gasteiger partial charge in [0.1, 0.15) is 18.0 Å². The summed E-state index contributed by atoms with van der Waals surface area (Å²) in [6.07, 6.45) is 2.43. The van der Waals surface area contributed by atoms with Gasteiger partial charge in [-0.25, -0.2) is 13.8 Å². The molecule has 3 rings (SSSR count). The molecule has 0 radical (unpaired) electrons. The minimum atomic E-state index is -3.74. The van der Waals surface area contributed by atoms with Crippen molar-refractivity contribution in [3.8, 4) is 23.0 Å². The van der Waals surface area contributed by atoms with E-state index in [1.807, 2.05) is 30.3 Å². The van der Waals surface area contributed by atoms with Gasteiger partial charge in [0.2, 0.25) is 10.0 Å². The highest BCUT2D eigenvalue weighted by molar-refractivity contribution is 9.10. The number of methoxy groups -OCH3 is 2. The number of para-hydroxylation sites is 1. The second-order valence-electron chi connectivity index (χ2n) is 7.21. The quantitative estimate of drug-likeness (QED) is 0.294. The molecule has 35 heavy (non-hydrogen) atoms. The average molecular weight is 562 g/mol. The van der Waals surface area contributed by atoms with Crippen molar-refractivity contribution < 1.29 is 27.4 Å². The van der Waals surface area contributed by atoms with Crippen LogP contribution in [0.3, 0.4) is 0 Å². The summed E-state index contributed by atoms with van der Waals surface area (Å²) < 4.78 is 42.6. The molecule has 0 aliphatic carbocycles. The van der Waals surface area contributed by atoms with Gasteiger partial charge in [-0.1, -0.05) is 18.2 Å². The number of carbonyl (C=O) groups excluding carboxylic acids is 1. The Balaban J connectivity index is 1.68. The molecule has 9 nitrogen and oxygen atoms in total. The van der Waals surface area contributed by atoms with Crippen LogP contribution in [-0.4, -0.2) is 47.6 Å². The predicted octanol–water partition coefficient (Wildman–Crippen LogP) is 4.17. The van der Waals surface area contributed by atoms with Gasteiger partial charge >= 0.3 is 0 Å². The van der Waals surface area contributed by atoms with E-state index in [-0.39, 0.29) is 0 Å². The lowest BCUT2D eigenvalue weighted by atomic mass is 10.2. The Bertz CT molecular complexity index is 1300. The van der Waals surface area contributed by atoms with Gasteiger partial charge in [0.15, 0.2) is 11.5 Å². The van der Waals surface area contributed by atoms with Crippen LogP contribution in [0.1, 0.15) is 5.56 Å². The Labute approximate surface area is 212 Å². The summed E-state index contributed by atoms with van der Waals surface area (Å²) in [5, 5.41) is 3.92. The Morgan fingerprint density at radius 1 is 1.03 bits per heavy atom. The zero-order valence-electron chi connectivity index (χ0n) is 19.3. The smallest absolute Gasteiger partial charge is 0.260 e. The Morgan fingerprint density at radius 3 is 2.29 bits per heavy atom. The zero-order chi connectivity index (χ0) is 25.4. The van der Waals surface area contributed by atoms with E-state index in [2.05, 4.69) is 26.5 Å². The van der Waals surface area contributed by atoms with Crippen LogP contribution in [0.25, 0.3) is 0 Å². The molecule has 0 aromatic heterocycles. The molecule has 0 saturated carbocycles. The summed E-state index contributed by atoms with van der Waals surface area (Å²) in [5.41, 5.74) is 3.29. The zero-order valence-corrected chi connectivity index (χ0v) is 21.7. The highest BCUT2D eigenvalue weighted by Gasteiger charge is 2.21. The van der Waals surface area contributed by atoms with Crippen molar-refractivity contribution in [2.24, 2.45) is 5.10 Å². The van der Waals surface area contributed by atoms with Gasteiger partial charge in [-0.15, -0.1) is 0 Å². The predicted molar refractivity (Wildman–Crippen MR) is 138 cm³/mol. The van der Waals surface area contributed by atoms with E-state index in [4.69, 9.17) is 14.2 Å². The van der Waals surface area contributed by atoms with Gasteiger partial charge in [0.05, 0.1) is 36.9 Å². The van der Waals surface area contributed by atoms with Gasteiger partial charge in [-0.3, -0.25) is 9.10 Å². The second kappa shape index (κ2) is 11.7. The Morgan fingerprint density at radius 2 is 1.69 bits per heavy atom. The number of hydrazone groups is 1. The van der Waals surface area contributed by atoms with E-state index in [9.17, 15) is 13.2 Å². The van der Waals surface area contributed by atoms with Crippen LogP contribution < -0.4 is 23.9 Å². The van der Waals surface area contributed by atoms with Gasteiger partial charge in [-0.05, 0) is 70.0 Å². The van der Waals surface area contributed by atoms with Crippen LogP contribution in [0.4, 0.5) is 5.69 Å². The fourth-order valence-electron chi connectivity index (χ4n) is 3.06. The number of rotatable bonds is 10. The SMILES string of the molecule is COc1cc(/C=N\NC(=O)CN(c2ccc(Oc3ccccc3)cc2)S(C)(=O)=O)cc(Br)c1OC. The highest BCUT2D eigenvalue weighted by atomic mass is 79.9. The number of amides is 1. The van der Waals surface area contributed by atoms with E-state index in [1.165, 1.54) is 20.4 Å². The third kappa shape index (κ3) is 7.20. The number of carbonyl (C=O) groups is 1. The number of ether oxygens (including phenoxy) is 3. The lowest BCUT2D eigenvalue weighted by Gasteiger charge is -2.21. The van der Waals surface area contributed by atoms with Crippen LogP contribution in [0.15, 0.2) is 76.3 Å². The molecular weight excluding hydrogens is 538 g/mol. The van der Waals surface area contributed by atoms with Crippen molar-refractivity contribution >= 4 is 43.8 Å². The Kier molecular flexibility index (Phi) is 8.72. The van der Waals surface area contributed by atoms with Crippen molar-refractivity contribution in [3.05, 3.63) is 76.8 Å². The first-order valence-electron chi connectivity index (χ1n) is 10.3. The number of nitrogens with one attached hydrogen (secondary N) is 1. The summed E-state index contributed by atoms with van der Waals surface area (Å²) in [6, 6.07) is 19.0. The summed E-state index contributed by atoms with van der Waals surface area (Å²) in [7, 11) is -0.712. The van der Waals surface area contributed by atoms with Gasteiger partial charge in [-0.2, -0.15) is 5.10 Å². The topological polar surface area (TPSA) is 107 Å². The van der Waals surface area contributed by atoms with Gasteiger partial charge in [0.25, 0.3) is 5.91 Å². The standard InChI is InChI=1S/C24H24BrN3O6S/c1-32-22-14-17(13-21(25)24(22)33-2)15-26-27-23(29)16-28(35(3,30)31)18-9-11-20(12-10-18)34-19-7-5-4-6-8-19/h4-15H,16H2,1-3H3,(H,27,29)/b26-15-. The van der Waals surface area contributed by atoms with E-state index in [0.717, 1.165) is 10.6 Å². The monoisotopic (exact) mass is 561 g/mol. The van der Waals surface area contributed by atoms with Crippen LogP contribution in [-0.2, 0) is 14.8 Å². The molecule has 11 heteroatoms. The molecule has 0 spiro atoms. The minimum Gasteiger partial charge on any atom is -0.493 e. The first kappa shape index (κ1) is 26.0. The van der Waals surface area contributed by atoms with E-state index >= 15 is 0 Å². The normalized spacial score (nSPS) is 11.2. The molecule has 0 unspecified atom stereocenters. The molecule has 3 aromatic carbocycles. The van der Waals surface area contributed by atoms with Crippen molar-refractivity contribution in [1.29, 1.82) is 0 Å². The fourth-order valence-corrected chi connectivity index (χ4v) is 4.54. The molecule has 0 aliphatic heterocycles. The molecule has 0 bridgehead atoms. The van der Waals surface area contributed by atoms with Crippen molar-refractivity contribution in [2.45, 2.75) is 0 Å². The lowest BCUT2D eigenvalue weighted by Crippen LogP contribution is -2.39. The van der Waals surface area contributed by atoms with Crippen molar-refractivity contribution in [3.63, 3.8) is 0 Å². The third-order valence-electron chi connectivity index (χ3n) is 4.65. The van der Waals surface area contributed by atoms with Crippen molar-refractivity contribution in [2.75, 3.05) is 31.3 Å². The maximum atomic E-state index is 12.5. The molecule has 0 aliphatic rings. The number of anilines is 1. The number of hydrogen-bond acceptors (Lipinski definition) is 7. The molecule has 184 valence electrons. The first-order valence-corrected chi connectivity index (χ1v) is 12.9. The third-order valence-corrected chi connectivity index (χ3v) is 6.38. The fraction of sp³-hybridized carbons (Fsp3) is 0.167. The van der Waals surface area contributed by atoms with Crippen molar-refractivity contribution in [1.82, 2.24) is 5.43 Å². The van der Waals surface area contributed by atoms with Crippen LogP contribution in [0, 0.1) is 0 Å². The average Bonchev–Trinajstić information content (AvgIpc) is 2.83. The molecular formula is C24H24BrN3O6S. The largest absolute Gasteiger partial charge is 0.493 e. The van der Waals surface area contributed by atoms with Gasteiger partial charge in [0, 0.05) is 0 Å². The molecule has 0 atom stereocenters. The molecule has 0 fully saturated rings. The maximum absolute atomic E-state index is 12.5. The second-order valence-corrected chi connectivity index (χ2v) is 9.97. The molecule has 1 N–H and O–H groups in total. The lowest BCUT2D eigenvalue weighted by molar-refractivity contribution is -0.119. The summed E-state index contributed by atoms with van der Waals surface area (Å²) >= 11 is 3.39. The molecule has 3 aromatic rings. The van der Waals surface area contributed by atoms with E-state index in [0.29, 0.717) is 38.7 Å². The summed E-state index contributed by atoms with van der Waals surface area (Å²) in [4.78, 5) is 12.5. The van der Waals surface area contributed by atoms with Gasteiger partial charge < -0.3 is 14.2 Å². The number of hydrogen-bond donors (Lipinski definition) is 1. The number of benzene rings is 3. The number of sulfonamides is 1. The number of nitrogens with zero attached hydrogens (tertiary/aromatic N) is 2. The molecule has 0 heterocycles. The minimum absolute atomic E-state index is 0.316. The van der Waals surface area contributed by atoms with Crippen LogP contribution in [0.5, 0.6) is 23.0 Å². The molecule has 0 saturated heterocycles. The van der Waals surface area contributed by atoms with Crippen LogP contribution in [0.2, 0.25) is 0 Å². The van der Waals surface area contributed by atoms with Crippen LogP contribution >= 0.6 is 15.9 Å². The maximum Gasteiger partial charge on any atom is 0.260 e. The molecule has 1 amide bonds. The Hall–Kier alpha value is -3.57.